The van der Waals surface area contributed by atoms with Crippen LogP contribution >= 0.6 is 11.8 Å². The van der Waals surface area contributed by atoms with Gasteiger partial charge in [0.15, 0.2) is 0 Å². The van der Waals surface area contributed by atoms with Crippen molar-refractivity contribution in [3.05, 3.63) is 0 Å². The third kappa shape index (κ3) is 5.43. The molecule has 0 heterocycles. The Kier molecular flexibility index (Phi) is 6.20. The molecule has 0 radical (unpaired) electrons. The fourth-order valence-corrected chi connectivity index (χ4v) is 1.18. The SMILES string of the molecule is CC(C)[C@@H](C)SC(=O)OCCO. The first kappa shape index (κ1) is 11.8. The minimum Gasteiger partial charge on any atom is -0.455 e. The van der Waals surface area contributed by atoms with E-state index in [1.807, 2.05) is 6.92 Å². The van der Waals surface area contributed by atoms with Gasteiger partial charge in [0, 0.05) is 5.25 Å². The standard InChI is InChI=1S/C8H16O3S/c1-6(2)7(3)12-8(10)11-5-4-9/h6-7,9H,4-5H2,1-3H3/t7-/m1/s1. The molecule has 0 rings (SSSR count). The molecular formula is C8H16O3S. The van der Waals surface area contributed by atoms with Crippen LogP contribution in [-0.2, 0) is 4.74 Å². The Morgan fingerprint density at radius 2 is 2.08 bits per heavy atom. The lowest BCUT2D eigenvalue weighted by atomic mass is 10.2. The fraction of sp³-hybridized carbons (Fsp3) is 0.875. The molecule has 0 aromatic rings. The van der Waals surface area contributed by atoms with Crippen LogP contribution < -0.4 is 0 Å². The topological polar surface area (TPSA) is 46.5 Å². The molecule has 0 saturated carbocycles. The van der Waals surface area contributed by atoms with Crippen LogP contribution in [0.2, 0.25) is 0 Å². The molecule has 0 aliphatic rings. The summed E-state index contributed by atoms with van der Waals surface area (Å²) in [6.07, 6.45) is 0. The van der Waals surface area contributed by atoms with Crippen molar-refractivity contribution in [3.8, 4) is 0 Å². The largest absolute Gasteiger partial charge is 0.455 e. The summed E-state index contributed by atoms with van der Waals surface area (Å²) in [7, 11) is 0. The Balaban J connectivity index is 3.54. The van der Waals surface area contributed by atoms with Crippen LogP contribution in [0.25, 0.3) is 0 Å². The number of aliphatic hydroxyl groups is 1. The van der Waals surface area contributed by atoms with E-state index < -0.39 is 0 Å². The molecule has 12 heavy (non-hydrogen) atoms. The van der Waals surface area contributed by atoms with Gasteiger partial charge < -0.3 is 9.84 Å². The lowest BCUT2D eigenvalue weighted by Crippen LogP contribution is -2.11. The highest BCUT2D eigenvalue weighted by molar-refractivity contribution is 8.13. The number of hydrogen-bond acceptors (Lipinski definition) is 4. The number of hydrogen-bond donors (Lipinski definition) is 1. The second-order valence-corrected chi connectivity index (χ2v) is 4.20. The third-order valence-corrected chi connectivity index (χ3v) is 2.76. The molecule has 0 fully saturated rings. The zero-order valence-corrected chi connectivity index (χ0v) is 8.56. The van der Waals surface area contributed by atoms with Crippen LogP contribution in [0.3, 0.4) is 0 Å². The molecule has 0 spiro atoms. The maximum atomic E-state index is 10.9. The van der Waals surface area contributed by atoms with E-state index in [2.05, 4.69) is 18.6 Å². The first-order valence-electron chi connectivity index (χ1n) is 4.02. The number of carbonyl (C=O) groups is 1. The molecule has 0 amide bonds. The number of ether oxygens (including phenoxy) is 1. The highest BCUT2D eigenvalue weighted by atomic mass is 32.2. The summed E-state index contributed by atoms with van der Waals surface area (Å²) < 4.78 is 4.69. The highest BCUT2D eigenvalue weighted by Crippen LogP contribution is 2.20. The van der Waals surface area contributed by atoms with Crippen molar-refractivity contribution in [3.63, 3.8) is 0 Å². The number of carbonyl (C=O) groups excluding carboxylic acids is 1. The molecule has 0 unspecified atom stereocenters. The van der Waals surface area contributed by atoms with E-state index in [9.17, 15) is 4.79 Å². The summed E-state index contributed by atoms with van der Waals surface area (Å²) >= 11 is 1.18. The molecule has 0 bridgehead atoms. The maximum absolute atomic E-state index is 10.9. The van der Waals surface area contributed by atoms with E-state index in [0.717, 1.165) is 0 Å². The van der Waals surface area contributed by atoms with Crippen LogP contribution in [0.5, 0.6) is 0 Å². The number of aliphatic hydroxyl groups excluding tert-OH is 1. The third-order valence-electron chi connectivity index (χ3n) is 1.53. The zero-order valence-electron chi connectivity index (χ0n) is 7.74. The first-order valence-corrected chi connectivity index (χ1v) is 4.90. The van der Waals surface area contributed by atoms with E-state index in [0.29, 0.717) is 5.92 Å². The van der Waals surface area contributed by atoms with Crippen molar-refractivity contribution in [2.24, 2.45) is 5.92 Å². The first-order chi connectivity index (χ1) is 5.57. The Morgan fingerprint density at radius 3 is 2.50 bits per heavy atom. The second kappa shape index (κ2) is 6.31. The Labute approximate surface area is 77.5 Å². The van der Waals surface area contributed by atoms with Gasteiger partial charge in [-0.3, -0.25) is 0 Å². The monoisotopic (exact) mass is 192 g/mol. The minimum atomic E-state index is -0.301. The van der Waals surface area contributed by atoms with E-state index >= 15 is 0 Å². The van der Waals surface area contributed by atoms with E-state index in [1.165, 1.54) is 11.8 Å². The fourth-order valence-electron chi connectivity index (χ4n) is 0.451. The molecule has 0 aliphatic heterocycles. The molecule has 4 heteroatoms. The van der Waals surface area contributed by atoms with Crippen LogP contribution in [0.15, 0.2) is 0 Å². The molecule has 1 N–H and O–H groups in total. The molecule has 3 nitrogen and oxygen atoms in total. The highest BCUT2D eigenvalue weighted by Gasteiger charge is 2.13. The van der Waals surface area contributed by atoms with Gasteiger partial charge in [-0.2, -0.15) is 0 Å². The summed E-state index contributed by atoms with van der Waals surface area (Å²) in [5.41, 5.74) is 0. The summed E-state index contributed by atoms with van der Waals surface area (Å²) in [5.74, 6) is 0.455. The van der Waals surface area contributed by atoms with Crippen LogP contribution in [-0.4, -0.2) is 28.9 Å². The maximum Gasteiger partial charge on any atom is 0.367 e. The predicted molar refractivity (Wildman–Crippen MR) is 50.3 cm³/mol. The number of rotatable bonds is 4. The van der Waals surface area contributed by atoms with Crippen molar-refractivity contribution in [1.29, 1.82) is 0 Å². The van der Waals surface area contributed by atoms with Crippen LogP contribution in [0.4, 0.5) is 4.79 Å². The van der Waals surface area contributed by atoms with E-state index in [-0.39, 0.29) is 23.8 Å². The van der Waals surface area contributed by atoms with Gasteiger partial charge in [-0.1, -0.05) is 20.8 Å². The van der Waals surface area contributed by atoms with Crippen LogP contribution in [0.1, 0.15) is 20.8 Å². The molecular weight excluding hydrogens is 176 g/mol. The van der Waals surface area contributed by atoms with Crippen molar-refractivity contribution in [1.82, 2.24) is 0 Å². The predicted octanol–water partition coefficient (Wildman–Crippen LogP) is 1.89. The quantitative estimate of drug-likeness (QED) is 0.691. The molecule has 1 atom stereocenters. The zero-order chi connectivity index (χ0) is 9.56. The van der Waals surface area contributed by atoms with Gasteiger partial charge in [0.05, 0.1) is 6.61 Å². The van der Waals surface area contributed by atoms with Gasteiger partial charge in [0.25, 0.3) is 0 Å². The average Bonchev–Trinajstić information content (AvgIpc) is 2.00. The smallest absolute Gasteiger partial charge is 0.367 e. The van der Waals surface area contributed by atoms with Gasteiger partial charge >= 0.3 is 5.30 Å². The Bertz CT molecular complexity index is 136. The van der Waals surface area contributed by atoms with Crippen molar-refractivity contribution < 1.29 is 14.6 Å². The Hall–Kier alpha value is -0.220. The van der Waals surface area contributed by atoms with Gasteiger partial charge in [-0.15, -0.1) is 0 Å². The van der Waals surface area contributed by atoms with Gasteiger partial charge in [0.1, 0.15) is 6.61 Å². The number of thioether (sulfide) groups is 1. The van der Waals surface area contributed by atoms with Crippen molar-refractivity contribution in [2.75, 3.05) is 13.2 Å². The molecule has 0 saturated heterocycles. The molecule has 0 aromatic heterocycles. The van der Waals surface area contributed by atoms with Crippen molar-refractivity contribution in [2.45, 2.75) is 26.0 Å². The Morgan fingerprint density at radius 1 is 1.50 bits per heavy atom. The van der Waals surface area contributed by atoms with Crippen LogP contribution in [0, 0.1) is 5.92 Å². The summed E-state index contributed by atoms with van der Waals surface area (Å²) in [5, 5.41) is 8.33. The molecule has 0 aliphatic carbocycles. The minimum absolute atomic E-state index is 0.0939. The van der Waals surface area contributed by atoms with E-state index in [4.69, 9.17) is 5.11 Å². The lowest BCUT2D eigenvalue weighted by Gasteiger charge is -2.12. The van der Waals surface area contributed by atoms with Gasteiger partial charge in [-0.25, -0.2) is 4.79 Å². The van der Waals surface area contributed by atoms with E-state index in [1.54, 1.807) is 0 Å². The van der Waals surface area contributed by atoms with Gasteiger partial charge in [0.2, 0.25) is 0 Å². The molecule has 72 valence electrons. The van der Waals surface area contributed by atoms with Gasteiger partial charge in [-0.05, 0) is 17.7 Å². The van der Waals surface area contributed by atoms with Crippen molar-refractivity contribution >= 4 is 17.1 Å². The average molecular weight is 192 g/mol. The molecule has 0 aromatic carbocycles. The summed E-state index contributed by atoms with van der Waals surface area (Å²) in [6.45, 7) is 6.07. The summed E-state index contributed by atoms with van der Waals surface area (Å²) in [6, 6.07) is 0. The lowest BCUT2D eigenvalue weighted by molar-refractivity contribution is 0.141. The normalized spacial score (nSPS) is 13.1. The second-order valence-electron chi connectivity index (χ2n) is 2.89. The summed E-state index contributed by atoms with van der Waals surface area (Å²) in [4.78, 5) is 10.9.